The molecule has 5 nitrogen and oxygen atoms in total. The summed E-state index contributed by atoms with van der Waals surface area (Å²) in [5.74, 6) is -0.402. The molecule has 1 aromatic carbocycles. The van der Waals surface area contributed by atoms with Crippen LogP contribution in [0.2, 0.25) is 0 Å². The number of ether oxygens (including phenoxy) is 2. The summed E-state index contributed by atoms with van der Waals surface area (Å²) in [6.45, 7) is 1.70. The average Bonchev–Trinajstić information content (AvgIpc) is 3.51. The van der Waals surface area contributed by atoms with Crippen LogP contribution in [0.15, 0.2) is 48.5 Å². The summed E-state index contributed by atoms with van der Waals surface area (Å²) in [5, 5.41) is 0. The standard InChI is InChI=1S/C24H17F5N2O3/c1-13-5-7-15(30-21(13)16-3-2-4-19(31-16)23(25,26)27)12-20(32)22(9-10-22)14-6-8-17-18(11-14)34-24(28,29)33-17/h2-8,11H,9-10,12H2,1H3. The lowest BCUT2D eigenvalue weighted by molar-refractivity contribution is -0.286. The number of hydrogen-bond donors (Lipinski definition) is 0. The molecule has 0 unspecified atom stereocenters. The number of pyridine rings is 2. The second-order valence-corrected chi connectivity index (χ2v) is 8.38. The number of fused-ring (bicyclic) bond motifs is 1. The Bertz CT molecular complexity index is 1300. The van der Waals surface area contributed by atoms with Crippen molar-refractivity contribution < 1.29 is 36.2 Å². The Kier molecular flexibility index (Phi) is 4.89. The smallest absolute Gasteiger partial charge is 0.395 e. The number of rotatable bonds is 5. The largest absolute Gasteiger partial charge is 0.586 e. The van der Waals surface area contributed by atoms with Gasteiger partial charge in [-0.15, -0.1) is 8.78 Å². The van der Waals surface area contributed by atoms with Crippen LogP contribution in [0.3, 0.4) is 0 Å². The molecule has 1 fully saturated rings. The number of ketones is 1. The van der Waals surface area contributed by atoms with Gasteiger partial charge in [-0.1, -0.05) is 18.2 Å². The van der Waals surface area contributed by atoms with Crippen LogP contribution < -0.4 is 9.47 Å². The molecule has 1 aliphatic carbocycles. The fourth-order valence-electron chi connectivity index (χ4n) is 4.09. The quantitative estimate of drug-likeness (QED) is 0.447. The van der Waals surface area contributed by atoms with Crippen molar-refractivity contribution in [2.24, 2.45) is 0 Å². The van der Waals surface area contributed by atoms with Crippen molar-refractivity contribution in [1.82, 2.24) is 9.97 Å². The number of carbonyl (C=O) groups is 1. The van der Waals surface area contributed by atoms with Crippen molar-refractivity contribution in [1.29, 1.82) is 0 Å². The second-order valence-electron chi connectivity index (χ2n) is 8.38. The Labute approximate surface area is 190 Å². The summed E-state index contributed by atoms with van der Waals surface area (Å²) in [5.41, 5.74) is -0.0325. The molecular formula is C24H17F5N2O3. The molecule has 0 atom stereocenters. The molecule has 0 radical (unpaired) electrons. The van der Waals surface area contributed by atoms with Crippen LogP contribution in [0, 0.1) is 6.92 Å². The van der Waals surface area contributed by atoms with E-state index in [0.29, 0.717) is 29.7 Å². The van der Waals surface area contributed by atoms with Gasteiger partial charge in [0.2, 0.25) is 0 Å². The minimum atomic E-state index is -4.59. The maximum atomic E-state index is 13.3. The summed E-state index contributed by atoms with van der Waals surface area (Å²) in [6.07, 6.45) is -7.34. The molecule has 2 aliphatic rings. The van der Waals surface area contributed by atoms with E-state index >= 15 is 0 Å². The molecule has 34 heavy (non-hydrogen) atoms. The lowest BCUT2D eigenvalue weighted by atomic mass is 9.88. The van der Waals surface area contributed by atoms with Crippen LogP contribution in [0.1, 0.15) is 35.4 Å². The van der Waals surface area contributed by atoms with E-state index in [1.807, 2.05) is 0 Å². The zero-order valence-electron chi connectivity index (χ0n) is 17.7. The highest BCUT2D eigenvalue weighted by atomic mass is 19.4. The summed E-state index contributed by atoms with van der Waals surface area (Å²) in [7, 11) is 0. The topological polar surface area (TPSA) is 61.3 Å². The van der Waals surface area contributed by atoms with Crippen molar-refractivity contribution in [2.45, 2.75) is 44.1 Å². The van der Waals surface area contributed by atoms with Gasteiger partial charge in [-0.05, 0) is 61.2 Å². The molecule has 10 heteroatoms. The van der Waals surface area contributed by atoms with Gasteiger partial charge in [0.1, 0.15) is 11.5 Å². The number of hydrogen-bond acceptors (Lipinski definition) is 5. The van der Waals surface area contributed by atoms with Gasteiger partial charge < -0.3 is 9.47 Å². The van der Waals surface area contributed by atoms with Crippen LogP contribution in [-0.2, 0) is 22.8 Å². The molecule has 0 N–H and O–H groups in total. The van der Waals surface area contributed by atoms with E-state index in [9.17, 15) is 26.7 Å². The van der Waals surface area contributed by atoms with E-state index in [0.717, 1.165) is 6.07 Å². The van der Waals surface area contributed by atoms with Gasteiger partial charge in [-0.25, -0.2) is 4.98 Å². The molecule has 176 valence electrons. The Morgan fingerprint density at radius 2 is 1.74 bits per heavy atom. The predicted molar refractivity (Wildman–Crippen MR) is 109 cm³/mol. The van der Waals surface area contributed by atoms with Gasteiger partial charge >= 0.3 is 12.5 Å². The minimum Gasteiger partial charge on any atom is -0.395 e. The summed E-state index contributed by atoms with van der Waals surface area (Å²) < 4.78 is 74.8. The molecule has 2 aromatic heterocycles. The highest BCUT2D eigenvalue weighted by Gasteiger charge is 2.52. The Balaban J connectivity index is 1.40. The predicted octanol–water partition coefficient (Wildman–Crippen LogP) is 5.64. The van der Waals surface area contributed by atoms with Crippen LogP contribution >= 0.6 is 0 Å². The lowest BCUT2D eigenvalue weighted by Crippen LogP contribution is -2.26. The number of carbonyl (C=O) groups excluding carboxylic acids is 1. The third-order valence-electron chi connectivity index (χ3n) is 6.02. The molecule has 1 saturated carbocycles. The fourth-order valence-corrected chi connectivity index (χ4v) is 4.09. The van der Waals surface area contributed by atoms with Gasteiger partial charge in [0.15, 0.2) is 11.5 Å². The Morgan fingerprint density at radius 3 is 2.44 bits per heavy atom. The first-order chi connectivity index (χ1) is 16.0. The zero-order chi connectivity index (χ0) is 24.3. The van der Waals surface area contributed by atoms with Gasteiger partial charge in [0.05, 0.1) is 16.8 Å². The van der Waals surface area contributed by atoms with Crippen molar-refractivity contribution in [3.05, 3.63) is 71.0 Å². The van der Waals surface area contributed by atoms with Gasteiger partial charge in [-0.3, -0.25) is 9.78 Å². The Hall–Kier alpha value is -3.56. The van der Waals surface area contributed by atoms with E-state index in [2.05, 4.69) is 19.4 Å². The number of benzene rings is 1. The molecule has 0 amide bonds. The molecule has 5 rings (SSSR count). The molecular weight excluding hydrogens is 459 g/mol. The number of aryl methyl sites for hydroxylation is 1. The molecule has 0 saturated heterocycles. The first-order valence-electron chi connectivity index (χ1n) is 10.4. The monoisotopic (exact) mass is 476 g/mol. The number of aromatic nitrogens is 2. The molecule has 3 heterocycles. The highest BCUT2D eigenvalue weighted by Crippen LogP contribution is 2.52. The Morgan fingerprint density at radius 1 is 1.00 bits per heavy atom. The number of nitrogens with zero attached hydrogens (tertiary/aromatic N) is 2. The third kappa shape index (κ3) is 3.97. The van der Waals surface area contributed by atoms with Crippen molar-refractivity contribution in [3.8, 4) is 22.9 Å². The molecule has 0 spiro atoms. The fraction of sp³-hybridized carbons (Fsp3) is 0.292. The summed E-state index contributed by atoms with van der Waals surface area (Å²) in [4.78, 5) is 21.3. The van der Waals surface area contributed by atoms with Crippen LogP contribution in [0.5, 0.6) is 11.5 Å². The van der Waals surface area contributed by atoms with Gasteiger partial charge in [0, 0.05) is 12.1 Å². The third-order valence-corrected chi connectivity index (χ3v) is 6.02. The van der Waals surface area contributed by atoms with Crippen LogP contribution in [-0.4, -0.2) is 22.0 Å². The lowest BCUT2D eigenvalue weighted by Gasteiger charge is -2.16. The van der Waals surface area contributed by atoms with Gasteiger partial charge in [-0.2, -0.15) is 13.2 Å². The van der Waals surface area contributed by atoms with E-state index in [1.165, 1.54) is 24.3 Å². The van der Waals surface area contributed by atoms with Crippen molar-refractivity contribution >= 4 is 5.78 Å². The number of alkyl halides is 5. The normalized spacial score (nSPS) is 17.5. The summed E-state index contributed by atoms with van der Waals surface area (Å²) >= 11 is 0. The second kappa shape index (κ2) is 7.48. The zero-order valence-corrected chi connectivity index (χ0v) is 17.7. The SMILES string of the molecule is Cc1ccc(CC(=O)C2(c3ccc4c(c3)OC(F)(F)O4)CC2)nc1-c1cccc(C(F)(F)F)n1. The molecule has 3 aromatic rings. The van der Waals surface area contributed by atoms with Gasteiger partial charge in [0.25, 0.3) is 0 Å². The molecule has 0 bridgehead atoms. The maximum Gasteiger partial charge on any atom is 0.586 e. The van der Waals surface area contributed by atoms with Crippen molar-refractivity contribution in [3.63, 3.8) is 0 Å². The highest BCUT2D eigenvalue weighted by molar-refractivity contribution is 5.94. The first kappa shape index (κ1) is 22.2. The van der Waals surface area contributed by atoms with Crippen molar-refractivity contribution in [2.75, 3.05) is 0 Å². The number of halogens is 5. The number of Topliss-reactive ketones (excluding diaryl/α,β-unsaturated/α-hetero) is 1. The minimum absolute atomic E-state index is 0.0551. The van der Waals surface area contributed by atoms with E-state index in [4.69, 9.17) is 0 Å². The van der Waals surface area contributed by atoms with Crippen LogP contribution in [0.25, 0.3) is 11.4 Å². The van der Waals surface area contributed by atoms with E-state index < -0.39 is 23.6 Å². The van der Waals surface area contributed by atoms with Crippen LogP contribution in [0.4, 0.5) is 22.0 Å². The maximum absolute atomic E-state index is 13.3. The van der Waals surface area contributed by atoms with E-state index in [1.54, 1.807) is 25.1 Å². The summed E-state index contributed by atoms with van der Waals surface area (Å²) in [6, 6.07) is 11.2. The molecule has 1 aliphatic heterocycles. The average molecular weight is 476 g/mol. The van der Waals surface area contributed by atoms with E-state index in [-0.39, 0.29) is 35.1 Å². The first-order valence-corrected chi connectivity index (χ1v) is 10.4.